The zero-order chi connectivity index (χ0) is 20.8. The zero-order valence-corrected chi connectivity index (χ0v) is 16.3. The number of halogens is 3. The molecule has 0 aromatic heterocycles. The Morgan fingerprint density at radius 3 is 2.37 bits per heavy atom. The van der Waals surface area contributed by atoms with Crippen LogP contribution < -0.4 is 10.6 Å². The summed E-state index contributed by atoms with van der Waals surface area (Å²) in [4.78, 5) is 25.5. The summed E-state index contributed by atoms with van der Waals surface area (Å²) in [5.41, 5.74) is -0.680. The fourth-order valence-electron chi connectivity index (χ4n) is 2.46. The van der Waals surface area contributed by atoms with E-state index in [4.69, 9.17) is 4.74 Å². The smallest absolute Gasteiger partial charge is 0.454 e. The van der Waals surface area contributed by atoms with Crippen molar-refractivity contribution in [2.24, 2.45) is 5.92 Å². The molecule has 154 valence electrons. The molecule has 0 aromatic rings. The van der Waals surface area contributed by atoms with Gasteiger partial charge in [0.25, 0.3) is 5.78 Å². The second kappa shape index (κ2) is 9.25. The molecule has 1 heterocycles. The van der Waals surface area contributed by atoms with Crippen LogP contribution in [0.5, 0.6) is 0 Å². The summed E-state index contributed by atoms with van der Waals surface area (Å²) >= 11 is 0. The highest BCUT2D eigenvalue weighted by atomic mass is 19.4. The third-order valence-electron chi connectivity index (χ3n) is 3.66. The summed E-state index contributed by atoms with van der Waals surface area (Å²) in [5, 5.41) is 6.00. The number of ketones is 1. The van der Waals surface area contributed by atoms with E-state index in [1.807, 2.05) is 0 Å². The van der Waals surface area contributed by atoms with Crippen LogP contribution in [0, 0.1) is 5.92 Å². The van der Waals surface area contributed by atoms with Gasteiger partial charge in [-0.1, -0.05) is 0 Å². The molecular weight excluding hydrogens is 363 g/mol. The number of carbonyl (C=O) groups is 2. The maximum absolute atomic E-state index is 12.6. The lowest BCUT2D eigenvalue weighted by Crippen LogP contribution is -2.51. The van der Waals surface area contributed by atoms with Crippen LogP contribution in [-0.2, 0) is 14.3 Å². The Bertz CT molecular complexity index is 593. The number of allylic oxidation sites excluding steroid dienone is 2. The Kier molecular flexibility index (Phi) is 7.89. The first-order valence-corrected chi connectivity index (χ1v) is 8.67. The van der Waals surface area contributed by atoms with Crippen molar-refractivity contribution in [1.29, 1.82) is 0 Å². The molecule has 0 spiro atoms. The first-order valence-electron chi connectivity index (χ1n) is 8.67. The SMILES string of the molecule is CN(C)C=CC(=CC(=O)C(F)(F)F)NC1CCNCC1C(=O)OC(C)(C)C. The van der Waals surface area contributed by atoms with Gasteiger partial charge in [0, 0.05) is 44.7 Å². The number of nitrogens with one attached hydrogen (secondary N) is 2. The van der Waals surface area contributed by atoms with E-state index in [0.29, 0.717) is 25.6 Å². The van der Waals surface area contributed by atoms with Crippen LogP contribution in [0.15, 0.2) is 24.0 Å². The van der Waals surface area contributed by atoms with Gasteiger partial charge in [0.2, 0.25) is 0 Å². The van der Waals surface area contributed by atoms with E-state index in [1.54, 1.807) is 39.8 Å². The zero-order valence-electron chi connectivity index (χ0n) is 16.3. The Hall–Kier alpha value is -2.03. The number of rotatable bonds is 6. The molecule has 1 aliphatic heterocycles. The highest BCUT2D eigenvalue weighted by Crippen LogP contribution is 2.21. The molecule has 2 unspecified atom stereocenters. The lowest BCUT2D eigenvalue weighted by Gasteiger charge is -2.34. The molecule has 27 heavy (non-hydrogen) atoms. The van der Waals surface area contributed by atoms with Crippen molar-refractivity contribution in [1.82, 2.24) is 15.5 Å². The average Bonchev–Trinajstić information content (AvgIpc) is 2.50. The number of hydrogen-bond acceptors (Lipinski definition) is 6. The number of hydrogen-bond donors (Lipinski definition) is 2. The monoisotopic (exact) mass is 391 g/mol. The molecule has 1 fully saturated rings. The molecule has 0 aromatic carbocycles. The second-order valence-electron chi connectivity index (χ2n) is 7.62. The van der Waals surface area contributed by atoms with Crippen LogP contribution in [0.3, 0.4) is 0 Å². The van der Waals surface area contributed by atoms with E-state index in [9.17, 15) is 22.8 Å². The van der Waals surface area contributed by atoms with Crippen molar-refractivity contribution in [3.05, 3.63) is 24.0 Å². The molecule has 0 radical (unpaired) electrons. The fourth-order valence-corrected chi connectivity index (χ4v) is 2.46. The van der Waals surface area contributed by atoms with E-state index < -0.39 is 35.5 Å². The van der Waals surface area contributed by atoms with Gasteiger partial charge in [-0.25, -0.2) is 0 Å². The van der Waals surface area contributed by atoms with Crippen LogP contribution in [0.2, 0.25) is 0 Å². The van der Waals surface area contributed by atoms with Crippen molar-refractivity contribution in [3.63, 3.8) is 0 Å². The summed E-state index contributed by atoms with van der Waals surface area (Å²) in [6.45, 7) is 6.17. The van der Waals surface area contributed by atoms with Gasteiger partial charge in [-0.3, -0.25) is 9.59 Å². The van der Waals surface area contributed by atoms with E-state index in [2.05, 4.69) is 10.6 Å². The summed E-state index contributed by atoms with van der Waals surface area (Å²) in [5.74, 6) is -2.99. The van der Waals surface area contributed by atoms with Crippen LogP contribution in [-0.4, -0.2) is 61.7 Å². The third-order valence-corrected chi connectivity index (χ3v) is 3.66. The molecule has 9 heteroatoms. The number of esters is 1. The van der Waals surface area contributed by atoms with Gasteiger partial charge in [-0.2, -0.15) is 13.2 Å². The van der Waals surface area contributed by atoms with E-state index in [1.165, 1.54) is 12.3 Å². The summed E-state index contributed by atoms with van der Waals surface area (Å²) < 4.78 is 43.3. The lowest BCUT2D eigenvalue weighted by atomic mass is 9.92. The summed E-state index contributed by atoms with van der Waals surface area (Å²) in [7, 11) is 3.40. The minimum Gasteiger partial charge on any atom is -0.460 e. The number of piperidine rings is 1. The van der Waals surface area contributed by atoms with Gasteiger partial charge < -0.3 is 20.3 Å². The van der Waals surface area contributed by atoms with Crippen LogP contribution in [0.25, 0.3) is 0 Å². The molecule has 0 saturated carbocycles. The molecule has 1 aliphatic rings. The first kappa shape index (κ1) is 23.0. The Morgan fingerprint density at radius 2 is 1.85 bits per heavy atom. The molecule has 2 N–H and O–H groups in total. The summed E-state index contributed by atoms with van der Waals surface area (Å²) in [6.07, 6.45) is -1.06. The van der Waals surface area contributed by atoms with Crippen molar-refractivity contribution in [2.45, 2.75) is 45.0 Å². The van der Waals surface area contributed by atoms with Gasteiger partial charge >= 0.3 is 12.1 Å². The highest BCUT2D eigenvalue weighted by Gasteiger charge is 2.38. The van der Waals surface area contributed by atoms with Gasteiger partial charge in [0.15, 0.2) is 0 Å². The number of carbonyl (C=O) groups excluding carboxylic acids is 2. The van der Waals surface area contributed by atoms with Gasteiger partial charge in [0.1, 0.15) is 5.60 Å². The molecule has 1 rings (SSSR count). The first-order chi connectivity index (χ1) is 12.3. The average molecular weight is 391 g/mol. The van der Waals surface area contributed by atoms with Crippen LogP contribution in [0.4, 0.5) is 13.2 Å². The molecule has 0 aliphatic carbocycles. The van der Waals surface area contributed by atoms with Crippen molar-refractivity contribution >= 4 is 11.8 Å². The topological polar surface area (TPSA) is 70.7 Å². The van der Waals surface area contributed by atoms with Crippen molar-refractivity contribution in [3.8, 4) is 0 Å². The van der Waals surface area contributed by atoms with E-state index in [0.717, 1.165) is 0 Å². The van der Waals surface area contributed by atoms with Gasteiger partial charge in [-0.05, 0) is 39.8 Å². The molecule has 2 atom stereocenters. The summed E-state index contributed by atoms with van der Waals surface area (Å²) in [6, 6.07) is -0.458. The van der Waals surface area contributed by atoms with Gasteiger partial charge in [-0.15, -0.1) is 0 Å². The predicted octanol–water partition coefficient (Wildman–Crippen LogP) is 1.99. The Balaban J connectivity index is 3.03. The molecular formula is C18H28F3N3O3. The molecule has 0 amide bonds. The normalized spacial score (nSPS) is 21.9. The van der Waals surface area contributed by atoms with Crippen LogP contribution in [0.1, 0.15) is 27.2 Å². The number of ether oxygens (including phenoxy) is 1. The molecule has 0 bridgehead atoms. The van der Waals surface area contributed by atoms with Crippen molar-refractivity contribution < 1.29 is 27.5 Å². The maximum Gasteiger partial charge on any atom is 0.454 e. The quantitative estimate of drug-likeness (QED) is 0.410. The fraction of sp³-hybridized carbons (Fsp3) is 0.667. The Labute approximate surface area is 157 Å². The predicted molar refractivity (Wildman–Crippen MR) is 95.7 cm³/mol. The van der Waals surface area contributed by atoms with E-state index >= 15 is 0 Å². The van der Waals surface area contributed by atoms with E-state index in [-0.39, 0.29) is 5.70 Å². The number of alkyl halides is 3. The minimum atomic E-state index is -4.96. The number of nitrogens with zero attached hydrogens (tertiary/aromatic N) is 1. The second-order valence-corrected chi connectivity index (χ2v) is 7.62. The molecule has 6 nitrogen and oxygen atoms in total. The highest BCUT2D eigenvalue weighted by molar-refractivity contribution is 5.95. The van der Waals surface area contributed by atoms with Crippen LogP contribution >= 0.6 is 0 Å². The minimum absolute atomic E-state index is 0.00789. The van der Waals surface area contributed by atoms with Gasteiger partial charge in [0.05, 0.1) is 5.92 Å². The molecule has 1 saturated heterocycles. The maximum atomic E-state index is 12.6. The lowest BCUT2D eigenvalue weighted by molar-refractivity contribution is -0.165. The van der Waals surface area contributed by atoms with Crippen molar-refractivity contribution in [2.75, 3.05) is 27.2 Å². The third kappa shape index (κ3) is 8.47. The standard InChI is InChI=1S/C18H28F3N3O3/c1-17(2,3)27-16(26)13-11-22-8-6-14(13)23-12(7-9-24(4)5)10-15(25)18(19,20)21/h7,9-10,13-14,22-23H,6,8,11H2,1-5H3. The Morgan fingerprint density at radius 1 is 1.22 bits per heavy atom. The largest absolute Gasteiger partial charge is 0.460 e.